The Balaban J connectivity index is 1.53. The van der Waals surface area contributed by atoms with E-state index < -0.39 is 0 Å². The Bertz CT molecular complexity index is 1150. The number of thiol groups is 1. The molecule has 136 valence electrons. The molecule has 5 nitrogen and oxygen atoms in total. The van der Waals surface area contributed by atoms with E-state index in [-0.39, 0.29) is 5.43 Å². The Labute approximate surface area is 166 Å². The number of hydrogen-bond acceptors (Lipinski definition) is 6. The average Bonchev–Trinajstić information content (AvgIpc) is 3.17. The number of aromatic nitrogens is 3. The summed E-state index contributed by atoms with van der Waals surface area (Å²) in [6.45, 7) is 2.83. The molecular weight excluding hydrogens is 376 g/mol. The molecule has 0 bridgehead atoms. The second-order valence-electron chi connectivity index (χ2n) is 6.21. The molecule has 0 spiro atoms. The van der Waals surface area contributed by atoms with Crippen LogP contribution in [0.3, 0.4) is 0 Å². The van der Waals surface area contributed by atoms with Gasteiger partial charge in [-0.05, 0) is 35.6 Å². The first kappa shape index (κ1) is 17.9. The van der Waals surface area contributed by atoms with Crippen molar-refractivity contribution in [2.24, 2.45) is 5.73 Å². The molecule has 0 aliphatic rings. The number of fused-ring (bicyclic) bond motifs is 1. The van der Waals surface area contributed by atoms with Gasteiger partial charge in [0, 0.05) is 34.3 Å². The lowest BCUT2D eigenvalue weighted by Crippen LogP contribution is -2.00. The molecule has 3 aromatic carbocycles. The molecule has 1 heterocycles. The second-order valence-corrected chi connectivity index (χ2v) is 7.41. The van der Waals surface area contributed by atoms with Crippen molar-refractivity contribution in [3.8, 4) is 11.4 Å². The predicted octanol–water partition coefficient (Wildman–Crippen LogP) is 3.83. The Hall–Kier alpha value is -2.51. The van der Waals surface area contributed by atoms with Crippen LogP contribution in [0.5, 0.6) is 0 Å². The van der Waals surface area contributed by atoms with Crippen molar-refractivity contribution in [3.05, 3.63) is 69.2 Å². The van der Waals surface area contributed by atoms with Crippen molar-refractivity contribution < 1.29 is 0 Å². The normalized spacial score (nSPS) is 12.3. The molecule has 1 aromatic heterocycles. The molecule has 27 heavy (non-hydrogen) atoms. The number of thioether (sulfide) groups is 1. The van der Waals surface area contributed by atoms with Crippen LogP contribution in [0.15, 0.2) is 57.8 Å². The minimum atomic E-state index is 0.134. The van der Waals surface area contributed by atoms with Crippen LogP contribution >= 0.6 is 24.4 Å². The summed E-state index contributed by atoms with van der Waals surface area (Å²) in [6.07, 6.45) is 0. The third-order valence-corrected chi connectivity index (χ3v) is 5.85. The van der Waals surface area contributed by atoms with Crippen molar-refractivity contribution in [2.75, 3.05) is 0 Å². The summed E-state index contributed by atoms with van der Waals surface area (Å²) in [4.78, 5) is 11.6. The summed E-state index contributed by atoms with van der Waals surface area (Å²) in [7, 11) is 0. The zero-order valence-corrected chi connectivity index (χ0v) is 16.4. The van der Waals surface area contributed by atoms with Crippen LogP contribution in [0.2, 0.25) is 0 Å². The first-order chi connectivity index (χ1) is 13.1. The highest BCUT2D eigenvalue weighted by Crippen LogP contribution is 2.29. The van der Waals surface area contributed by atoms with Gasteiger partial charge in [0.05, 0.1) is 0 Å². The third-order valence-electron chi connectivity index (χ3n) is 4.53. The van der Waals surface area contributed by atoms with Gasteiger partial charge in [-0.25, -0.2) is 0 Å². The standard InChI is InChI=1S/C20H18N4OS2/c1-2-24-19(14-7-8-15-16(9-14)18(15)25)22-23-20(24)27-11-12-3-5-13(6-4-12)17(21)10-26/h3-10,26H,2,11,21H2,1H3/b17-10-. The fourth-order valence-corrected chi connectivity index (χ4v) is 4.04. The fourth-order valence-electron chi connectivity index (χ4n) is 2.93. The minimum Gasteiger partial charge on any atom is -0.398 e. The molecule has 0 unspecified atom stereocenters. The molecule has 0 aliphatic heterocycles. The quantitative estimate of drug-likeness (QED) is 0.384. The molecule has 4 rings (SSSR count). The van der Waals surface area contributed by atoms with Gasteiger partial charge in [0.25, 0.3) is 0 Å². The van der Waals surface area contributed by atoms with Gasteiger partial charge in [-0.1, -0.05) is 42.1 Å². The van der Waals surface area contributed by atoms with Gasteiger partial charge in [0.1, 0.15) is 0 Å². The van der Waals surface area contributed by atoms with E-state index in [2.05, 4.69) is 46.4 Å². The topological polar surface area (TPSA) is 73.8 Å². The lowest BCUT2D eigenvalue weighted by atomic mass is 10.1. The van der Waals surface area contributed by atoms with Crippen LogP contribution < -0.4 is 11.2 Å². The van der Waals surface area contributed by atoms with Crippen LogP contribution in [0.25, 0.3) is 27.9 Å². The van der Waals surface area contributed by atoms with Crippen molar-refractivity contribution in [1.82, 2.24) is 14.8 Å². The molecule has 0 saturated carbocycles. The Kier molecular flexibility index (Phi) is 4.80. The molecule has 7 heteroatoms. The monoisotopic (exact) mass is 394 g/mol. The van der Waals surface area contributed by atoms with E-state index in [1.807, 2.05) is 30.3 Å². The minimum absolute atomic E-state index is 0.134. The number of benzene rings is 2. The lowest BCUT2D eigenvalue weighted by Gasteiger charge is -2.07. The van der Waals surface area contributed by atoms with Gasteiger partial charge in [-0.15, -0.1) is 22.8 Å². The lowest BCUT2D eigenvalue weighted by molar-refractivity contribution is 0.687. The summed E-state index contributed by atoms with van der Waals surface area (Å²) in [5, 5.41) is 12.8. The van der Waals surface area contributed by atoms with Crippen LogP contribution in [0.1, 0.15) is 18.1 Å². The zero-order valence-electron chi connectivity index (χ0n) is 14.7. The molecule has 0 atom stereocenters. The van der Waals surface area contributed by atoms with Crippen molar-refractivity contribution in [1.29, 1.82) is 0 Å². The second kappa shape index (κ2) is 7.25. The highest BCUT2D eigenvalue weighted by molar-refractivity contribution is 7.98. The molecule has 0 amide bonds. The van der Waals surface area contributed by atoms with Gasteiger partial charge in [-0.2, -0.15) is 0 Å². The summed E-state index contributed by atoms with van der Waals surface area (Å²) in [5.41, 5.74) is 9.71. The zero-order chi connectivity index (χ0) is 19.0. The van der Waals surface area contributed by atoms with E-state index in [0.29, 0.717) is 5.70 Å². The maximum Gasteiger partial charge on any atom is 0.194 e. The summed E-state index contributed by atoms with van der Waals surface area (Å²) >= 11 is 5.72. The van der Waals surface area contributed by atoms with E-state index in [9.17, 15) is 4.79 Å². The Morgan fingerprint density at radius 2 is 1.96 bits per heavy atom. The molecule has 0 radical (unpaired) electrons. The Morgan fingerprint density at radius 3 is 2.63 bits per heavy atom. The molecular formula is C20H18N4OS2. The SMILES string of the molecule is CCn1c(SCc2ccc(/C(N)=C/S)cc2)nnc1-c1ccc2c(=O)c2c1. The number of nitrogens with two attached hydrogens (primary N) is 1. The highest BCUT2D eigenvalue weighted by atomic mass is 32.2. The van der Waals surface area contributed by atoms with Crippen molar-refractivity contribution >= 4 is 40.9 Å². The number of hydrogen-bond donors (Lipinski definition) is 2. The van der Waals surface area contributed by atoms with Gasteiger partial charge >= 0.3 is 0 Å². The van der Waals surface area contributed by atoms with Gasteiger partial charge in [-0.3, -0.25) is 4.79 Å². The van der Waals surface area contributed by atoms with Crippen molar-refractivity contribution in [2.45, 2.75) is 24.4 Å². The average molecular weight is 395 g/mol. The molecule has 2 N–H and O–H groups in total. The molecule has 4 aromatic rings. The van der Waals surface area contributed by atoms with Gasteiger partial charge in [0.2, 0.25) is 0 Å². The smallest absolute Gasteiger partial charge is 0.194 e. The Morgan fingerprint density at radius 1 is 1.19 bits per heavy atom. The van der Waals surface area contributed by atoms with E-state index in [4.69, 9.17) is 5.73 Å². The third kappa shape index (κ3) is 3.40. The largest absolute Gasteiger partial charge is 0.398 e. The maximum absolute atomic E-state index is 11.6. The van der Waals surface area contributed by atoms with Gasteiger partial charge < -0.3 is 10.3 Å². The molecule has 0 aliphatic carbocycles. The fraction of sp³-hybridized carbons (Fsp3) is 0.150. The number of nitrogens with zero attached hydrogens (tertiary/aromatic N) is 3. The summed E-state index contributed by atoms with van der Waals surface area (Å²) in [6, 6.07) is 13.8. The van der Waals surface area contributed by atoms with E-state index in [1.54, 1.807) is 17.2 Å². The highest BCUT2D eigenvalue weighted by Gasteiger charge is 2.17. The summed E-state index contributed by atoms with van der Waals surface area (Å²) < 4.78 is 2.08. The van der Waals surface area contributed by atoms with Gasteiger partial charge in [0.15, 0.2) is 16.4 Å². The first-order valence-corrected chi connectivity index (χ1v) is 10.1. The van der Waals surface area contributed by atoms with Crippen LogP contribution in [0.4, 0.5) is 0 Å². The van der Waals surface area contributed by atoms with E-state index >= 15 is 0 Å². The molecule has 0 saturated heterocycles. The number of rotatable bonds is 6. The van der Waals surface area contributed by atoms with Crippen LogP contribution in [-0.2, 0) is 12.3 Å². The maximum atomic E-state index is 11.6. The van der Waals surface area contributed by atoms with Crippen LogP contribution in [0, 0.1) is 0 Å². The molecule has 0 fully saturated rings. The summed E-state index contributed by atoms with van der Waals surface area (Å²) in [5.74, 6) is 1.58. The predicted molar refractivity (Wildman–Crippen MR) is 114 cm³/mol. The van der Waals surface area contributed by atoms with Crippen molar-refractivity contribution in [3.63, 3.8) is 0 Å². The first-order valence-electron chi connectivity index (χ1n) is 8.56. The van der Waals surface area contributed by atoms with E-state index in [1.165, 1.54) is 5.56 Å². The van der Waals surface area contributed by atoms with E-state index in [0.717, 1.165) is 45.2 Å². The van der Waals surface area contributed by atoms with Crippen LogP contribution in [-0.4, -0.2) is 14.8 Å².